The van der Waals surface area contributed by atoms with Crippen molar-refractivity contribution in [1.82, 2.24) is 0 Å². The first-order chi connectivity index (χ1) is 6.45. The molecule has 2 N–H and O–H groups in total. The molecule has 0 radical (unpaired) electrons. The normalized spacial score (nSPS) is 13.2. The molecule has 14 heavy (non-hydrogen) atoms. The van der Waals surface area contributed by atoms with Gasteiger partial charge < -0.3 is 5.73 Å². The fourth-order valence-electron chi connectivity index (χ4n) is 1.10. The molecule has 0 rings (SSSR count). The first-order valence-electron chi connectivity index (χ1n) is 4.21. The van der Waals surface area contributed by atoms with Crippen LogP contribution in [0.15, 0.2) is 45.7 Å². The summed E-state index contributed by atoms with van der Waals surface area (Å²) >= 11 is 0. The molecule has 0 bridgehead atoms. The topological polar surface area (TPSA) is 50.7 Å². The predicted molar refractivity (Wildman–Crippen MR) is 63.7 cm³/mol. The molecular formula is C11H17N3. The van der Waals surface area contributed by atoms with Crippen LogP contribution in [0.3, 0.4) is 0 Å². The maximum Gasteiger partial charge on any atom is 0.0897 e. The highest BCUT2D eigenvalue weighted by molar-refractivity contribution is 6.11. The van der Waals surface area contributed by atoms with Gasteiger partial charge in [0.15, 0.2) is 0 Å². The zero-order valence-electron chi connectivity index (χ0n) is 9.09. The number of aliphatic imine (C=N–C) groups is 2. The summed E-state index contributed by atoms with van der Waals surface area (Å²) in [6, 6.07) is 0. The molecular weight excluding hydrogens is 174 g/mol. The standard InChI is InChI=1S/C11H17N3/c1-7(2)10(13-5)9(12)11(14-6)8(3)4/h1,3,5,12H2,2,4,6H3/b10-9+,14-11-. The summed E-state index contributed by atoms with van der Waals surface area (Å²) in [4.78, 5) is 7.87. The van der Waals surface area contributed by atoms with E-state index in [0.29, 0.717) is 17.1 Å². The molecule has 0 spiro atoms. The van der Waals surface area contributed by atoms with Crippen LogP contribution in [0.4, 0.5) is 0 Å². The third kappa shape index (κ3) is 2.69. The van der Waals surface area contributed by atoms with E-state index >= 15 is 0 Å². The lowest BCUT2D eigenvalue weighted by Crippen LogP contribution is -2.15. The summed E-state index contributed by atoms with van der Waals surface area (Å²) in [5, 5.41) is 0. The van der Waals surface area contributed by atoms with E-state index in [-0.39, 0.29) is 0 Å². The van der Waals surface area contributed by atoms with Crippen LogP contribution in [0.5, 0.6) is 0 Å². The smallest absolute Gasteiger partial charge is 0.0897 e. The average Bonchev–Trinajstić information content (AvgIpc) is 2.04. The van der Waals surface area contributed by atoms with E-state index in [1.165, 1.54) is 0 Å². The quantitative estimate of drug-likeness (QED) is 0.537. The molecule has 0 aliphatic carbocycles. The van der Waals surface area contributed by atoms with E-state index in [0.717, 1.165) is 11.1 Å². The second-order valence-corrected chi connectivity index (χ2v) is 3.05. The van der Waals surface area contributed by atoms with Gasteiger partial charge in [0, 0.05) is 7.05 Å². The number of hydrogen-bond donors (Lipinski definition) is 1. The molecule has 0 aliphatic rings. The highest BCUT2D eigenvalue weighted by atomic mass is 14.8. The molecule has 0 aromatic rings. The van der Waals surface area contributed by atoms with Gasteiger partial charge in [0.05, 0.1) is 17.1 Å². The third-order valence-corrected chi connectivity index (χ3v) is 1.70. The Balaban J connectivity index is 5.45. The van der Waals surface area contributed by atoms with Crippen LogP contribution in [0, 0.1) is 0 Å². The SMILES string of the molecule is C=N/C(C(=C)C)=C(N)\C(=N/C)C(=C)C. The number of nitrogens with two attached hydrogens (primary N) is 1. The van der Waals surface area contributed by atoms with E-state index in [4.69, 9.17) is 5.73 Å². The Morgan fingerprint density at radius 1 is 1.14 bits per heavy atom. The third-order valence-electron chi connectivity index (χ3n) is 1.70. The van der Waals surface area contributed by atoms with E-state index in [2.05, 4.69) is 29.9 Å². The Labute approximate surface area is 85.5 Å². The fourth-order valence-corrected chi connectivity index (χ4v) is 1.10. The van der Waals surface area contributed by atoms with Crippen molar-refractivity contribution in [3.63, 3.8) is 0 Å². The van der Waals surface area contributed by atoms with Crippen LogP contribution in [0.1, 0.15) is 13.8 Å². The molecule has 0 heterocycles. The van der Waals surface area contributed by atoms with Gasteiger partial charge in [-0.2, -0.15) is 0 Å². The first-order valence-corrected chi connectivity index (χ1v) is 4.21. The highest BCUT2D eigenvalue weighted by Crippen LogP contribution is 2.14. The van der Waals surface area contributed by atoms with Crippen molar-refractivity contribution in [2.75, 3.05) is 7.05 Å². The zero-order valence-corrected chi connectivity index (χ0v) is 9.09. The van der Waals surface area contributed by atoms with Crippen LogP contribution < -0.4 is 5.73 Å². The Bertz CT molecular complexity index is 332. The summed E-state index contributed by atoms with van der Waals surface area (Å²) in [5.41, 5.74) is 9.14. The summed E-state index contributed by atoms with van der Waals surface area (Å²) in [7, 11) is 1.66. The number of nitrogens with zero attached hydrogens (tertiary/aromatic N) is 2. The van der Waals surface area contributed by atoms with Crippen molar-refractivity contribution >= 4 is 12.4 Å². The second kappa shape index (κ2) is 5.17. The largest absolute Gasteiger partial charge is 0.395 e. The molecule has 0 aliphatic heterocycles. The summed E-state index contributed by atoms with van der Waals surface area (Å²) in [6.07, 6.45) is 0. The van der Waals surface area contributed by atoms with Crippen LogP contribution in [-0.4, -0.2) is 19.5 Å². The Morgan fingerprint density at radius 3 is 1.86 bits per heavy atom. The molecule has 0 fully saturated rings. The van der Waals surface area contributed by atoms with E-state index < -0.39 is 0 Å². The Hall–Kier alpha value is -1.64. The zero-order chi connectivity index (χ0) is 11.3. The van der Waals surface area contributed by atoms with Gasteiger partial charge >= 0.3 is 0 Å². The van der Waals surface area contributed by atoms with Gasteiger partial charge in [0.25, 0.3) is 0 Å². The molecule has 0 saturated carbocycles. The Morgan fingerprint density at radius 2 is 1.64 bits per heavy atom. The average molecular weight is 191 g/mol. The molecule has 0 aromatic heterocycles. The van der Waals surface area contributed by atoms with E-state index in [1.54, 1.807) is 7.05 Å². The molecule has 0 unspecified atom stereocenters. The molecule has 76 valence electrons. The molecule has 0 saturated heterocycles. The van der Waals surface area contributed by atoms with Crippen molar-refractivity contribution in [1.29, 1.82) is 0 Å². The molecule has 0 atom stereocenters. The summed E-state index contributed by atoms with van der Waals surface area (Å²) in [5.74, 6) is 0. The van der Waals surface area contributed by atoms with Crippen LogP contribution >= 0.6 is 0 Å². The highest BCUT2D eigenvalue weighted by Gasteiger charge is 2.09. The van der Waals surface area contributed by atoms with Gasteiger partial charge in [0.2, 0.25) is 0 Å². The van der Waals surface area contributed by atoms with Crippen LogP contribution in [0.2, 0.25) is 0 Å². The van der Waals surface area contributed by atoms with E-state index in [9.17, 15) is 0 Å². The lowest BCUT2D eigenvalue weighted by molar-refractivity contribution is 1.22. The summed E-state index contributed by atoms with van der Waals surface area (Å²) < 4.78 is 0. The van der Waals surface area contributed by atoms with Gasteiger partial charge in [-0.25, -0.2) is 0 Å². The maximum atomic E-state index is 5.88. The van der Waals surface area contributed by atoms with Crippen molar-refractivity contribution < 1.29 is 0 Å². The van der Waals surface area contributed by atoms with Crippen LogP contribution in [0.25, 0.3) is 0 Å². The Kier molecular flexibility index (Phi) is 4.56. The minimum Gasteiger partial charge on any atom is -0.395 e. The van der Waals surface area contributed by atoms with Crippen molar-refractivity contribution in [3.8, 4) is 0 Å². The first kappa shape index (κ1) is 12.4. The van der Waals surface area contributed by atoms with Crippen molar-refractivity contribution in [2.24, 2.45) is 15.7 Å². The van der Waals surface area contributed by atoms with Crippen molar-refractivity contribution in [2.45, 2.75) is 13.8 Å². The van der Waals surface area contributed by atoms with Gasteiger partial charge in [-0.05, 0) is 31.7 Å². The van der Waals surface area contributed by atoms with Crippen LogP contribution in [-0.2, 0) is 0 Å². The minimum atomic E-state index is 0.475. The van der Waals surface area contributed by atoms with Gasteiger partial charge in [-0.3, -0.25) is 9.98 Å². The van der Waals surface area contributed by atoms with Gasteiger partial charge in [-0.15, -0.1) is 0 Å². The molecule has 0 amide bonds. The van der Waals surface area contributed by atoms with Gasteiger partial charge in [-0.1, -0.05) is 13.2 Å². The summed E-state index contributed by atoms with van der Waals surface area (Å²) in [6.45, 7) is 14.7. The molecule has 3 nitrogen and oxygen atoms in total. The van der Waals surface area contributed by atoms with Crippen molar-refractivity contribution in [3.05, 3.63) is 35.7 Å². The fraction of sp³-hybridized carbons (Fsp3) is 0.273. The van der Waals surface area contributed by atoms with E-state index in [1.807, 2.05) is 13.8 Å². The lowest BCUT2D eigenvalue weighted by Gasteiger charge is -2.09. The number of rotatable bonds is 4. The molecule has 3 heteroatoms. The lowest BCUT2D eigenvalue weighted by atomic mass is 10.1. The minimum absolute atomic E-state index is 0.475. The predicted octanol–water partition coefficient (Wildman–Crippen LogP) is 2.08. The second-order valence-electron chi connectivity index (χ2n) is 3.05. The van der Waals surface area contributed by atoms with Gasteiger partial charge in [0.1, 0.15) is 0 Å². The maximum absolute atomic E-state index is 5.88. The molecule has 0 aromatic carbocycles. The number of allylic oxidation sites excluding steroid dienone is 2. The number of hydrogen-bond acceptors (Lipinski definition) is 3. The monoisotopic (exact) mass is 191 g/mol.